The maximum Gasteiger partial charge on any atom is 0.315 e. The number of halogens is 2. The minimum Gasteiger partial charge on any atom is -0.387 e. The molecule has 118 valence electrons. The number of urea groups is 1. The number of benzene rings is 1. The molecule has 3 N–H and O–H groups in total. The first-order valence-electron chi connectivity index (χ1n) is 6.60. The average molecular weight is 335 g/mol. The van der Waals surface area contributed by atoms with Crippen LogP contribution in [0.5, 0.6) is 0 Å². The van der Waals surface area contributed by atoms with Crippen molar-refractivity contribution in [1.82, 2.24) is 10.6 Å². The summed E-state index contributed by atoms with van der Waals surface area (Å²) >= 11 is 11.8. The number of hydrogen-bond donors (Lipinski definition) is 3. The van der Waals surface area contributed by atoms with Gasteiger partial charge in [0.15, 0.2) is 0 Å². The Morgan fingerprint density at radius 2 is 2.14 bits per heavy atom. The topological polar surface area (TPSA) is 70.6 Å². The summed E-state index contributed by atoms with van der Waals surface area (Å²) in [6.45, 7) is 2.51. The molecule has 0 unspecified atom stereocenters. The average Bonchev–Trinajstić information content (AvgIpc) is 2.42. The quantitative estimate of drug-likeness (QED) is 0.718. The minimum absolute atomic E-state index is 0.0128. The zero-order valence-corrected chi connectivity index (χ0v) is 13.5. The van der Waals surface area contributed by atoms with Gasteiger partial charge < -0.3 is 20.5 Å². The lowest BCUT2D eigenvalue weighted by Crippen LogP contribution is -2.42. The Kier molecular flexibility index (Phi) is 7.82. The molecule has 21 heavy (non-hydrogen) atoms. The summed E-state index contributed by atoms with van der Waals surface area (Å²) in [7, 11) is 1.61. The number of hydrogen-bond acceptors (Lipinski definition) is 3. The molecule has 0 aromatic heterocycles. The SMILES string of the molecule is COCC[C@@H](C)NC(=O)NC[C@H](O)c1ccc(Cl)cc1Cl. The highest BCUT2D eigenvalue weighted by Crippen LogP contribution is 2.25. The smallest absolute Gasteiger partial charge is 0.315 e. The van der Waals surface area contributed by atoms with Crippen LogP contribution in [-0.2, 0) is 4.74 Å². The molecule has 5 nitrogen and oxygen atoms in total. The number of rotatable bonds is 7. The summed E-state index contributed by atoms with van der Waals surface area (Å²) in [6, 6.07) is 4.47. The van der Waals surface area contributed by atoms with Crippen LogP contribution in [0.3, 0.4) is 0 Å². The number of methoxy groups -OCH3 is 1. The van der Waals surface area contributed by atoms with Crippen LogP contribution >= 0.6 is 23.2 Å². The standard InChI is InChI=1S/C14H20Cl2N2O3/c1-9(5-6-21-2)18-14(20)17-8-13(19)11-4-3-10(15)7-12(11)16/h3-4,7,9,13,19H,5-6,8H2,1-2H3,(H2,17,18,20)/t9-,13+/m1/s1. The fourth-order valence-corrected chi connectivity index (χ4v) is 2.25. The molecule has 2 amide bonds. The maximum absolute atomic E-state index is 11.7. The van der Waals surface area contributed by atoms with E-state index in [0.29, 0.717) is 22.2 Å². The largest absolute Gasteiger partial charge is 0.387 e. The van der Waals surface area contributed by atoms with E-state index in [1.807, 2.05) is 6.92 Å². The van der Waals surface area contributed by atoms with Crippen LogP contribution in [-0.4, -0.2) is 37.4 Å². The van der Waals surface area contributed by atoms with Crippen LogP contribution in [0.15, 0.2) is 18.2 Å². The van der Waals surface area contributed by atoms with Gasteiger partial charge in [-0.05, 0) is 25.5 Å². The van der Waals surface area contributed by atoms with E-state index in [1.165, 1.54) is 0 Å². The number of aliphatic hydroxyl groups is 1. The Morgan fingerprint density at radius 3 is 2.76 bits per heavy atom. The van der Waals surface area contributed by atoms with E-state index in [0.717, 1.165) is 6.42 Å². The second kappa shape index (κ2) is 9.10. The van der Waals surface area contributed by atoms with Crippen LogP contribution in [0.1, 0.15) is 25.0 Å². The molecular formula is C14H20Cl2N2O3. The summed E-state index contributed by atoms with van der Waals surface area (Å²) in [4.78, 5) is 11.7. The number of nitrogens with one attached hydrogen (secondary N) is 2. The molecule has 0 aliphatic heterocycles. The second-order valence-corrected chi connectivity index (χ2v) is 5.56. The third-order valence-corrected chi connectivity index (χ3v) is 3.47. The predicted octanol–water partition coefficient (Wildman–Crippen LogP) is 2.75. The molecule has 7 heteroatoms. The van der Waals surface area contributed by atoms with Crippen molar-refractivity contribution in [3.63, 3.8) is 0 Å². The molecule has 1 aromatic carbocycles. The van der Waals surface area contributed by atoms with Gasteiger partial charge in [0, 0.05) is 41.9 Å². The van der Waals surface area contributed by atoms with E-state index < -0.39 is 6.10 Å². The lowest BCUT2D eigenvalue weighted by molar-refractivity contribution is 0.169. The van der Waals surface area contributed by atoms with Crippen molar-refractivity contribution in [1.29, 1.82) is 0 Å². The highest BCUT2D eigenvalue weighted by Gasteiger charge is 2.14. The molecule has 0 saturated heterocycles. The fraction of sp³-hybridized carbons (Fsp3) is 0.500. The highest BCUT2D eigenvalue weighted by molar-refractivity contribution is 6.35. The van der Waals surface area contributed by atoms with Crippen molar-refractivity contribution in [2.45, 2.75) is 25.5 Å². The van der Waals surface area contributed by atoms with E-state index in [2.05, 4.69) is 10.6 Å². The zero-order valence-electron chi connectivity index (χ0n) is 12.0. The molecule has 0 heterocycles. The molecule has 0 spiro atoms. The molecule has 0 bridgehead atoms. The molecular weight excluding hydrogens is 315 g/mol. The van der Waals surface area contributed by atoms with Gasteiger partial charge in [0.25, 0.3) is 0 Å². The van der Waals surface area contributed by atoms with Crippen LogP contribution < -0.4 is 10.6 Å². The van der Waals surface area contributed by atoms with E-state index >= 15 is 0 Å². The van der Waals surface area contributed by atoms with E-state index in [-0.39, 0.29) is 18.6 Å². The molecule has 0 aliphatic carbocycles. The minimum atomic E-state index is -0.894. The van der Waals surface area contributed by atoms with Crippen molar-refractivity contribution in [3.8, 4) is 0 Å². The van der Waals surface area contributed by atoms with Crippen molar-refractivity contribution in [2.24, 2.45) is 0 Å². The Hall–Kier alpha value is -1.01. The van der Waals surface area contributed by atoms with Gasteiger partial charge in [-0.3, -0.25) is 0 Å². The van der Waals surface area contributed by atoms with Gasteiger partial charge >= 0.3 is 6.03 Å². The Bertz CT molecular complexity index is 472. The van der Waals surface area contributed by atoms with Gasteiger partial charge in [-0.25, -0.2) is 4.79 Å². The van der Waals surface area contributed by atoms with Crippen LogP contribution in [0.25, 0.3) is 0 Å². The van der Waals surface area contributed by atoms with Gasteiger partial charge in [0.2, 0.25) is 0 Å². The normalized spacial score (nSPS) is 13.6. The second-order valence-electron chi connectivity index (χ2n) is 4.72. The first-order valence-corrected chi connectivity index (χ1v) is 7.36. The summed E-state index contributed by atoms with van der Waals surface area (Å²) in [5.41, 5.74) is 0.522. The van der Waals surface area contributed by atoms with Gasteiger partial charge in [-0.2, -0.15) is 0 Å². The Morgan fingerprint density at radius 1 is 1.43 bits per heavy atom. The molecule has 0 radical (unpaired) electrons. The molecule has 2 atom stereocenters. The summed E-state index contributed by atoms with van der Waals surface area (Å²) in [5.74, 6) is 0. The highest BCUT2D eigenvalue weighted by atomic mass is 35.5. The number of aliphatic hydroxyl groups excluding tert-OH is 1. The number of amides is 2. The monoisotopic (exact) mass is 334 g/mol. The molecule has 0 aliphatic rings. The van der Waals surface area contributed by atoms with Crippen LogP contribution in [0.2, 0.25) is 10.0 Å². The van der Waals surface area contributed by atoms with E-state index in [4.69, 9.17) is 27.9 Å². The van der Waals surface area contributed by atoms with Crippen molar-refractivity contribution in [3.05, 3.63) is 33.8 Å². The lowest BCUT2D eigenvalue weighted by atomic mass is 10.1. The summed E-state index contributed by atoms with van der Waals surface area (Å²) in [5, 5.41) is 16.2. The maximum atomic E-state index is 11.7. The fourth-order valence-electron chi connectivity index (χ4n) is 1.71. The number of carbonyl (C=O) groups is 1. The van der Waals surface area contributed by atoms with Gasteiger partial charge in [-0.1, -0.05) is 29.3 Å². The third kappa shape index (κ3) is 6.52. The van der Waals surface area contributed by atoms with Crippen molar-refractivity contribution >= 4 is 29.2 Å². The molecule has 1 aromatic rings. The molecule has 1 rings (SSSR count). The van der Waals surface area contributed by atoms with Crippen LogP contribution in [0.4, 0.5) is 4.79 Å². The van der Waals surface area contributed by atoms with E-state index in [9.17, 15) is 9.90 Å². The number of ether oxygens (including phenoxy) is 1. The third-order valence-electron chi connectivity index (χ3n) is 2.91. The van der Waals surface area contributed by atoms with Gasteiger partial charge in [0.1, 0.15) is 0 Å². The molecule has 0 saturated carbocycles. The van der Waals surface area contributed by atoms with Crippen molar-refractivity contribution in [2.75, 3.05) is 20.3 Å². The van der Waals surface area contributed by atoms with Gasteiger partial charge in [0.05, 0.1) is 6.10 Å². The molecule has 0 fully saturated rings. The van der Waals surface area contributed by atoms with Crippen LogP contribution in [0, 0.1) is 0 Å². The van der Waals surface area contributed by atoms with E-state index in [1.54, 1.807) is 25.3 Å². The predicted molar refractivity (Wildman–Crippen MR) is 83.9 cm³/mol. The van der Waals surface area contributed by atoms with Crippen molar-refractivity contribution < 1.29 is 14.6 Å². The summed E-state index contributed by atoms with van der Waals surface area (Å²) in [6.07, 6.45) is -0.176. The number of carbonyl (C=O) groups excluding carboxylic acids is 1. The Balaban J connectivity index is 2.41. The first-order chi connectivity index (χ1) is 9.93. The van der Waals surface area contributed by atoms with Gasteiger partial charge in [-0.15, -0.1) is 0 Å². The summed E-state index contributed by atoms with van der Waals surface area (Å²) < 4.78 is 4.94. The zero-order chi connectivity index (χ0) is 15.8. The Labute approximate surface area is 134 Å². The first kappa shape index (κ1) is 18.0. The lowest BCUT2D eigenvalue weighted by Gasteiger charge is -2.17.